The molecule has 2 atom stereocenters. The van der Waals surface area contributed by atoms with Crippen LogP contribution < -0.4 is 0 Å². The second-order valence-corrected chi connectivity index (χ2v) is 7.75. The lowest BCUT2D eigenvalue weighted by Gasteiger charge is -2.31. The molecule has 0 aromatic carbocycles. The monoisotopic (exact) mass is 467 g/mol. The van der Waals surface area contributed by atoms with Crippen molar-refractivity contribution in [3.05, 3.63) is 29.6 Å². The highest BCUT2D eigenvalue weighted by Crippen LogP contribution is 2.16. The maximum Gasteiger partial charge on any atom is 0.320 e. The average molecular weight is 467 g/mol. The molecule has 0 spiro atoms. The van der Waals surface area contributed by atoms with Crippen LogP contribution in [0.25, 0.3) is 0 Å². The van der Waals surface area contributed by atoms with Crippen LogP contribution in [0, 0.1) is 0 Å². The zero-order valence-corrected chi connectivity index (χ0v) is 18.1. The molecule has 1 aliphatic heterocycles. The molecule has 12 heteroatoms. The Morgan fingerprint density at radius 2 is 1.24 bits per heavy atom. The van der Waals surface area contributed by atoms with Crippen LogP contribution in [0.15, 0.2) is 18.2 Å². The fourth-order valence-electron chi connectivity index (χ4n) is 3.72. The number of ether oxygens (including phenoxy) is 1. The molecule has 2 bridgehead atoms. The lowest BCUT2D eigenvalue weighted by molar-refractivity contribution is -0.146. The minimum atomic E-state index is -1.13. The largest absolute Gasteiger partial charge is 0.481 e. The molecule has 0 saturated carbocycles. The highest BCUT2D eigenvalue weighted by Gasteiger charge is 2.29. The van der Waals surface area contributed by atoms with Gasteiger partial charge in [-0.05, 0) is 25.0 Å². The zero-order chi connectivity index (χ0) is 24.4. The van der Waals surface area contributed by atoms with E-state index in [4.69, 9.17) is 14.9 Å². The third-order valence-electron chi connectivity index (χ3n) is 5.36. The van der Waals surface area contributed by atoms with E-state index < -0.39 is 36.0 Å². The number of fused-ring (bicyclic) bond motifs is 2. The van der Waals surface area contributed by atoms with Gasteiger partial charge in [0.1, 0.15) is 12.1 Å². The van der Waals surface area contributed by atoms with Gasteiger partial charge in [-0.1, -0.05) is 6.07 Å². The van der Waals surface area contributed by atoms with Gasteiger partial charge >= 0.3 is 23.9 Å². The van der Waals surface area contributed by atoms with Gasteiger partial charge in [-0.3, -0.25) is 34.0 Å². The lowest BCUT2D eigenvalue weighted by atomic mass is 10.1. The third kappa shape index (κ3) is 8.75. The molecular weight excluding hydrogens is 438 g/mol. The molecule has 0 fully saturated rings. The number of hydrogen-bond acceptors (Lipinski definition) is 8. The molecule has 33 heavy (non-hydrogen) atoms. The molecule has 2 rings (SSSR count). The van der Waals surface area contributed by atoms with E-state index in [1.54, 1.807) is 28.0 Å². The Bertz CT molecular complexity index is 785. The van der Waals surface area contributed by atoms with E-state index >= 15 is 0 Å². The van der Waals surface area contributed by atoms with E-state index in [-0.39, 0.29) is 65.1 Å². The highest BCUT2D eigenvalue weighted by molar-refractivity contribution is 5.75. The third-order valence-corrected chi connectivity index (χ3v) is 5.36. The van der Waals surface area contributed by atoms with Crippen LogP contribution >= 0.6 is 0 Å². The van der Waals surface area contributed by atoms with Gasteiger partial charge in [0.05, 0.1) is 24.6 Å². The molecule has 0 amide bonds. The summed E-state index contributed by atoms with van der Waals surface area (Å²) in [4.78, 5) is 53.3. The van der Waals surface area contributed by atoms with Crippen molar-refractivity contribution < 1.29 is 44.3 Å². The van der Waals surface area contributed by atoms with Crippen LogP contribution in [0.5, 0.6) is 0 Å². The maximum atomic E-state index is 11.8. The Balaban J connectivity index is 2.26. The Morgan fingerprint density at radius 3 is 1.61 bits per heavy atom. The first kappa shape index (κ1) is 26.2. The van der Waals surface area contributed by atoms with Crippen LogP contribution in [0.1, 0.15) is 37.1 Å². The first-order valence-electron chi connectivity index (χ1n) is 10.6. The summed E-state index contributed by atoms with van der Waals surface area (Å²) >= 11 is 0. The molecule has 182 valence electrons. The molecule has 1 aromatic heterocycles. The summed E-state index contributed by atoms with van der Waals surface area (Å²) in [6, 6.07) is 3.10. The number of carboxylic acids is 4. The van der Waals surface area contributed by atoms with Gasteiger partial charge in [0.15, 0.2) is 0 Å². The summed E-state index contributed by atoms with van der Waals surface area (Å²) in [6.07, 6.45) is -0.711. The van der Waals surface area contributed by atoms with Crippen LogP contribution in [0.3, 0.4) is 0 Å². The average Bonchev–Trinajstić information content (AvgIpc) is 2.71. The molecule has 0 aliphatic carbocycles. The van der Waals surface area contributed by atoms with Crippen molar-refractivity contribution in [2.75, 3.05) is 26.3 Å². The fourth-order valence-corrected chi connectivity index (χ4v) is 3.72. The number of pyridine rings is 1. The standard InChI is InChI=1S/C21H29N3O9/c25-18(26)6-4-16(20(29)30)23-8-10-33-11-9-24(17(21(31)32)5-7-19(27)28)13-15-3-1-2-14(12-23)22-15/h1-3,16-17H,4-13H2,(H,25,26)(H,27,28)(H,29,30)(H,31,32)/t16-,17-/m1/s1. The molecule has 2 heterocycles. The van der Waals surface area contributed by atoms with Crippen molar-refractivity contribution >= 4 is 23.9 Å². The number of rotatable bonds is 10. The SMILES string of the molecule is O=C(O)CC[C@H](C(=O)O)N1CCOCCN([C@H](CCC(=O)O)C(=O)O)Cc2cccc(n2)C1. The lowest BCUT2D eigenvalue weighted by Crippen LogP contribution is -2.45. The van der Waals surface area contributed by atoms with Gasteiger partial charge in [-0.2, -0.15) is 0 Å². The van der Waals surface area contributed by atoms with Crippen LogP contribution in [-0.4, -0.2) is 97.5 Å². The molecule has 0 radical (unpaired) electrons. The van der Waals surface area contributed by atoms with Crippen molar-refractivity contribution in [2.45, 2.75) is 50.9 Å². The normalized spacial score (nSPS) is 17.8. The molecule has 1 aromatic rings. The van der Waals surface area contributed by atoms with Gasteiger partial charge in [0.2, 0.25) is 0 Å². The van der Waals surface area contributed by atoms with Crippen molar-refractivity contribution in [1.82, 2.24) is 14.8 Å². The number of carbonyl (C=O) groups is 4. The second kappa shape index (κ2) is 12.8. The predicted molar refractivity (Wildman–Crippen MR) is 112 cm³/mol. The quantitative estimate of drug-likeness (QED) is 0.372. The van der Waals surface area contributed by atoms with Crippen LogP contribution in [0.2, 0.25) is 0 Å². The number of nitrogens with zero attached hydrogens (tertiary/aromatic N) is 3. The smallest absolute Gasteiger partial charge is 0.320 e. The first-order chi connectivity index (χ1) is 15.7. The topological polar surface area (TPSA) is 178 Å². The molecule has 4 N–H and O–H groups in total. The van der Waals surface area contributed by atoms with Crippen molar-refractivity contribution in [3.8, 4) is 0 Å². The van der Waals surface area contributed by atoms with Gasteiger partial charge in [0.25, 0.3) is 0 Å². The summed E-state index contributed by atoms with van der Waals surface area (Å²) in [5.41, 5.74) is 1.10. The summed E-state index contributed by atoms with van der Waals surface area (Å²) in [5.74, 6) is -4.42. The van der Waals surface area contributed by atoms with Gasteiger partial charge in [0, 0.05) is 39.0 Å². The van der Waals surface area contributed by atoms with E-state index in [0.717, 1.165) is 0 Å². The fraction of sp³-hybridized carbons (Fsp3) is 0.571. The van der Waals surface area contributed by atoms with E-state index in [0.29, 0.717) is 11.4 Å². The number of carboxylic acid groups (broad SMARTS) is 4. The summed E-state index contributed by atoms with van der Waals surface area (Å²) in [6.45, 7) is 1.02. The number of aromatic nitrogens is 1. The molecule has 0 saturated heterocycles. The second-order valence-electron chi connectivity index (χ2n) is 7.75. The van der Waals surface area contributed by atoms with Gasteiger partial charge in [-0.25, -0.2) is 0 Å². The number of hydrogen-bond donors (Lipinski definition) is 4. The van der Waals surface area contributed by atoms with Crippen molar-refractivity contribution in [2.24, 2.45) is 0 Å². The maximum absolute atomic E-state index is 11.8. The molecule has 0 unspecified atom stereocenters. The van der Waals surface area contributed by atoms with Crippen molar-refractivity contribution in [3.63, 3.8) is 0 Å². The highest BCUT2D eigenvalue weighted by atomic mass is 16.5. The minimum Gasteiger partial charge on any atom is -0.481 e. The van der Waals surface area contributed by atoms with Gasteiger partial charge in [-0.15, -0.1) is 0 Å². The summed E-state index contributed by atoms with van der Waals surface area (Å²) < 4.78 is 5.62. The Morgan fingerprint density at radius 1 is 0.818 bits per heavy atom. The van der Waals surface area contributed by atoms with E-state index in [2.05, 4.69) is 4.98 Å². The Labute approximate surface area is 190 Å². The van der Waals surface area contributed by atoms with E-state index in [1.807, 2.05) is 0 Å². The molecule has 12 nitrogen and oxygen atoms in total. The van der Waals surface area contributed by atoms with Crippen LogP contribution in [0.4, 0.5) is 0 Å². The zero-order valence-electron chi connectivity index (χ0n) is 18.1. The Hall–Kier alpha value is -3.09. The van der Waals surface area contributed by atoms with E-state index in [1.165, 1.54) is 0 Å². The summed E-state index contributed by atoms with van der Waals surface area (Å²) in [7, 11) is 0. The first-order valence-corrected chi connectivity index (χ1v) is 10.6. The minimum absolute atomic E-state index is 0.0675. The predicted octanol–water partition coefficient (Wildman–Crippen LogP) is 0.352. The summed E-state index contributed by atoms with van der Waals surface area (Å²) in [5, 5.41) is 37.2. The van der Waals surface area contributed by atoms with Crippen LogP contribution in [-0.2, 0) is 37.0 Å². The molecule has 1 aliphatic rings. The Kier molecular flexibility index (Phi) is 10.2. The van der Waals surface area contributed by atoms with Gasteiger partial charge < -0.3 is 25.2 Å². The van der Waals surface area contributed by atoms with Crippen molar-refractivity contribution in [1.29, 1.82) is 0 Å². The number of aliphatic carboxylic acids is 4. The molecular formula is C21H29N3O9. The van der Waals surface area contributed by atoms with E-state index in [9.17, 15) is 29.4 Å².